The van der Waals surface area contributed by atoms with Gasteiger partial charge in [-0.3, -0.25) is 4.90 Å². The molecule has 0 radical (unpaired) electrons. The van der Waals surface area contributed by atoms with Gasteiger partial charge in [0.05, 0.1) is 0 Å². The third-order valence-electron chi connectivity index (χ3n) is 4.35. The van der Waals surface area contributed by atoms with Gasteiger partial charge in [0.15, 0.2) is 0 Å². The van der Waals surface area contributed by atoms with Gasteiger partial charge < -0.3 is 10.0 Å². The first-order chi connectivity index (χ1) is 8.40. The third-order valence-corrected chi connectivity index (χ3v) is 4.35. The number of rotatable bonds is 7. The van der Waals surface area contributed by atoms with Gasteiger partial charge in [0.2, 0.25) is 0 Å². The first-order valence-electron chi connectivity index (χ1n) is 7.47. The molecule has 0 aromatic rings. The van der Waals surface area contributed by atoms with Crippen LogP contribution in [0, 0.1) is 0 Å². The van der Waals surface area contributed by atoms with Gasteiger partial charge in [0.1, 0.15) is 0 Å². The fourth-order valence-electron chi connectivity index (χ4n) is 2.96. The molecule has 1 saturated heterocycles. The Kier molecular flexibility index (Phi) is 5.75. The van der Waals surface area contributed by atoms with Crippen LogP contribution in [-0.2, 0) is 0 Å². The van der Waals surface area contributed by atoms with E-state index < -0.39 is 0 Å². The summed E-state index contributed by atoms with van der Waals surface area (Å²) < 4.78 is 0. The molecule has 17 heavy (non-hydrogen) atoms. The molecule has 1 heterocycles. The Morgan fingerprint density at radius 3 is 2.35 bits per heavy atom. The smallest absolute Gasteiger partial charge is 0.0443 e. The lowest BCUT2D eigenvalue weighted by Gasteiger charge is -2.39. The number of hydrogen-bond acceptors (Lipinski definition) is 3. The fraction of sp³-hybridized carbons (Fsp3) is 1.00. The van der Waals surface area contributed by atoms with E-state index in [0.29, 0.717) is 6.61 Å². The van der Waals surface area contributed by atoms with Crippen LogP contribution >= 0.6 is 0 Å². The van der Waals surface area contributed by atoms with Gasteiger partial charge in [-0.1, -0.05) is 12.8 Å². The van der Waals surface area contributed by atoms with Crippen molar-refractivity contribution in [3.8, 4) is 0 Å². The Balaban J connectivity index is 1.67. The van der Waals surface area contributed by atoms with Crippen molar-refractivity contribution in [1.29, 1.82) is 0 Å². The van der Waals surface area contributed by atoms with Gasteiger partial charge in [-0.15, -0.1) is 0 Å². The van der Waals surface area contributed by atoms with Gasteiger partial charge in [-0.25, -0.2) is 0 Å². The van der Waals surface area contributed by atoms with E-state index in [4.69, 9.17) is 5.11 Å². The second-order valence-electron chi connectivity index (χ2n) is 5.60. The molecule has 0 bridgehead atoms. The minimum absolute atomic E-state index is 0.340. The molecule has 0 spiro atoms. The van der Waals surface area contributed by atoms with E-state index in [1.807, 2.05) is 0 Å². The Labute approximate surface area is 106 Å². The number of likely N-dealkylation sites (tertiary alicyclic amines) is 1. The third kappa shape index (κ3) is 4.23. The lowest BCUT2D eigenvalue weighted by molar-refractivity contribution is 0.0963. The lowest BCUT2D eigenvalue weighted by atomic mass is 9.91. The number of piperidine rings is 1. The van der Waals surface area contributed by atoms with Crippen LogP contribution < -0.4 is 0 Å². The SMILES string of the molecule is OCCCN(CCN1CCCCC1)C1CCC1. The molecule has 2 fully saturated rings. The summed E-state index contributed by atoms with van der Waals surface area (Å²) in [6, 6.07) is 0.825. The molecule has 100 valence electrons. The molecule has 0 unspecified atom stereocenters. The van der Waals surface area contributed by atoms with Crippen LogP contribution in [0.4, 0.5) is 0 Å². The zero-order chi connectivity index (χ0) is 11.9. The highest BCUT2D eigenvalue weighted by Gasteiger charge is 2.24. The molecular weight excluding hydrogens is 212 g/mol. The zero-order valence-electron chi connectivity index (χ0n) is 11.1. The molecule has 2 rings (SSSR count). The maximum Gasteiger partial charge on any atom is 0.0443 e. The van der Waals surface area contributed by atoms with Gasteiger partial charge in [-0.05, 0) is 45.2 Å². The maximum absolute atomic E-state index is 8.97. The van der Waals surface area contributed by atoms with Crippen LogP contribution in [0.1, 0.15) is 44.9 Å². The molecule has 2 aliphatic rings. The highest BCUT2D eigenvalue weighted by Crippen LogP contribution is 2.24. The zero-order valence-corrected chi connectivity index (χ0v) is 11.1. The number of nitrogens with zero attached hydrogens (tertiary/aromatic N) is 2. The molecule has 0 amide bonds. The highest BCUT2D eigenvalue weighted by atomic mass is 16.3. The van der Waals surface area contributed by atoms with Crippen molar-refractivity contribution in [3.05, 3.63) is 0 Å². The van der Waals surface area contributed by atoms with E-state index in [9.17, 15) is 0 Å². The summed E-state index contributed by atoms with van der Waals surface area (Å²) in [5.74, 6) is 0. The minimum atomic E-state index is 0.340. The highest BCUT2D eigenvalue weighted by molar-refractivity contribution is 4.81. The summed E-state index contributed by atoms with van der Waals surface area (Å²) in [6.45, 7) is 6.49. The molecule has 1 saturated carbocycles. The Hall–Kier alpha value is -0.120. The standard InChI is InChI=1S/C14H28N2O/c17-13-5-10-16(14-6-4-7-14)12-11-15-8-2-1-3-9-15/h14,17H,1-13H2. The van der Waals surface area contributed by atoms with Crippen molar-refractivity contribution < 1.29 is 5.11 Å². The van der Waals surface area contributed by atoms with Crippen molar-refractivity contribution in [2.45, 2.75) is 51.0 Å². The van der Waals surface area contributed by atoms with Gasteiger partial charge in [0, 0.05) is 32.3 Å². The summed E-state index contributed by atoms with van der Waals surface area (Å²) in [6.07, 6.45) is 9.31. The van der Waals surface area contributed by atoms with Gasteiger partial charge in [-0.2, -0.15) is 0 Å². The monoisotopic (exact) mass is 240 g/mol. The molecular formula is C14H28N2O. The van der Waals surface area contributed by atoms with Crippen LogP contribution in [0.3, 0.4) is 0 Å². The average molecular weight is 240 g/mol. The largest absolute Gasteiger partial charge is 0.396 e. The van der Waals surface area contributed by atoms with Crippen LogP contribution in [0.25, 0.3) is 0 Å². The van der Waals surface area contributed by atoms with E-state index in [1.165, 1.54) is 64.7 Å². The van der Waals surface area contributed by atoms with E-state index >= 15 is 0 Å². The summed E-state index contributed by atoms with van der Waals surface area (Å²) in [7, 11) is 0. The van der Waals surface area contributed by atoms with E-state index in [1.54, 1.807) is 0 Å². The lowest BCUT2D eigenvalue weighted by Crippen LogP contribution is -2.45. The van der Waals surface area contributed by atoms with Crippen molar-refractivity contribution in [2.75, 3.05) is 39.3 Å². The first-order valence-corrected chi connectivity index (χ1v) is 7.47. The van der Waals surface area contributed by atoms with Crippen LogP contribution in [-0.4, -0.2) is 60.3 Å². The van der Waals surface area contributed by atoms with E-state index in [2.05, 4.69) is 9.80 Å². The molecule has 1 N–H and O–H groups in total. The van der Waals surface area contributed by atoms with Crippen molar-refractivity contribution in [3.63, 3.8) is 0 Å². The second kappa shape index (κ2) is 7.34. The Morgan fingerprint density at radius 1 is 1.00 bits per heavy atom. The summed E-state index contributed by atoms with van der Waals surface area (Å²) >= 11 is 0. The van der Waals surface area contributed by atoms with Crippen LogP contribution in [0.2, 0.25) is 0 Å². The molecule has 3 heteroatoms. The molecule has 1 aliphatic heterocycles. The molecule has 0 atom stereocenters. The average Bonchev–Trinajstić information content (AvgIpc) is 2.31. The maximum atomic E-state index is 8.97. The number of hydrogen-bond donors (Lipinski definition) is 1. The minimum Gasteiger partial charge on any atom is -0.396 e. The summed E-state index contributed by atoms with van der Waals surface area (Å²) in [5.41, 5.74) is 0. The first kappa shape index (κ1) is 13.3. The van der Waals surface area contributed by atoms with Crippen LogP contribution in [0.5, 0.6) is 0 Å². The van der Waals surface area contributed by atoms with E-state index in [0.717, 1.165) is 19.0 Å². The molecule has 0 aromatic carbocycles. The van der Waals surface area contributed by atoms with Crippen molar-refractivity contribution >= 4 is 0 Å². The van der Waals surface area contributed by atoms with Crippen molar-refractivity contribution in [2.24, 2.45) is 0 Å². The second-order valence-corrected chi connectivity index (χ2v) is 5.60. The normalized spacial score (nSPS) is 22.9. The predicted octanol–water partition coefficient (Wildman–Crippen LogP) is 1.71. The predicted molar refractivity (Wildman–Crippen MR) is 71.2 cm³/mol. The van der Waals surface area contributed by atoms with Gasteiger partial charge in [0.25, 0.3) is 0 Å². The molecule has 3 nitrogen and oxygen atoms in total. The fourth-order valence-corrected chi connectivity index (χ4v) is 2.96. The summed E-state index contributed by atoms with van der Waals surface area (Å²) in [4.78, 5) is 5.24. The van der Waals surface area contributed by atoms with Gasteiger partial charge >= 0.3 is 0 Å². The number of aliphatic hydroxyl groups is 1. The Morgan fingerprint density at radius 2 is 1.76 bits per heavy atom. The van der Waals surface area contributed by atoms with Crippen molar-refractivity contribution in [1.82, 2.24) is 9.80 Å². The van der Waals surface area contributed by atoms with Crippen LogP contribution in [0.15, 0.2) is 0 Å². The Bertz CT molecular complexity index is 200. The number of aliphatic hydroxyl groups excluding tert-OH is 1. The topological polar surface area (TPSA) is 26.7 Å². The molecule has 1 aliphatic carbocycles. The van der Waals surface area contributed by atoms with E-state index in [-0.39, 0.29) is 0 Å². The quantitative estimate of drug-likeness (QED) is 0.734. The molecule has 0 aromatic heterocycles. The summed E-state index contributed by atoms with van der Waals surface area (Å²) in [5, 5.41) is 8.97.